The van der Waals surface area contributed by atoms with E-state index < -0.39 is 0 Å². The summed E-state index contributed by atoms with van der Waals surface area (Å²) < 4.78 is 0. The average Bonchev–Trinajstić information content (AvgIpc) is 2.43. The van der Waals surface area contributed by atoms with E-state index in [9.17, 15) is 4.79 Å². The quantitative estimate of drug-likeness (QED) is 0.602. The van der Waals surface area contributed by atoms with Gasteiger partial charge in [-0.25, -0.2) is 0 Å². The van der Waals surface area contributed by atoms with Crippen molar-refractivity contribution in [2.45, 2.75) is 34.1 Å². The molecule has 0 aliphatic heterocycles. The average molecular weight is 329 g/mol. The fourth-order valence-corrected chi connectivity index (χ4v) is 1.46. The first-order chi connectivity index (χ1) is 10.6. The molecule has 5 nitrogen and oxygen atoms in total. The number of amides is 1. The number of carbonyl (C=O) groups excluding carboxylic acids is 1. The molecule has 5 heteroatoms. The highest BCUT2D eigenvalue weighted by Gasteiger charge is 2.04. The highest BCUT2D eigenvalue weighted by atomic mass is 16.1. The zero-order valence-electron chi connectivity index (χ0n) is 16.7. The molecule has 0 saturated heterocycles. The highest BCUT2D eigenvalue weighted by Crippen LogP contribution is 2.01. The van der Waals surface area contributed by atoms with Crippen molar-refractivity contribution in [3.8, 4) is 0 Å². The lowest BCUT2D eigenvalue weighted by Gasteiger charge is -2.14. The summed E-state index contributed by atoms with van der Waals surface area (Å²) >= 11 is 0. The van der Waals surface area contributed by atoms with Gasteiger partial charge in [-0.3, -0.25) is 4.79 Å². The van der Waals surface area contributed by atoms with Crippen molar-refractivity contribution in [2.24, 2.45) is 11.8 Å². The zero-order valence-corrected chi connectivity index (χ0v) is 16.7. The third-order valence-corrected chi connectivity index (χ3v) is 3.21. The van der Waals surface area contributed by atoms with Gasteiger partial charge < -0.3 is 20.4 Å². The number of hydrogen-bond donors (Lipinski definition) is 2. The van der Waals surface area contributed by atoms with Crippen molar-refractivity contribution in [1.82, 2.24) is 20.4 Å². The Kier molecular flexibility index (Phi) is 15.3. The maximum atomic E-state index is 11.0. The fourth-order valence-electron chi connectivity index (χ4n) is 1.46. The molecular weight excluding hydrogens is 288 g/mol. The number of nitrogens with one attached hydrogen (secondary N) is 2. The topological polar surface area (TPSA) is 47.6 Å². The van der Waals surface area contributed by atoms with Gasteiger partial charge >= 0.3 is 0 Å². The van der Waals surface area contributed by atoms with Crippen LogP contribution in [0.5, 0.6) is 0 Å². The van der Waals surface area contributed by atoms with E-state index in [-0.39, 0.29) is 11.8 Å². The van der Waals surface area contributed by atoms with E-state index in [1.54, 1.807) is 0 Å². The lowest BCUT2D eigenvalue weighted by atomic mass is 10.1. The third-order valence-electron chi connectivity index (χ3n) is 3.21. The largest absolute Gasteiger partial charge is 0.389 e. The monoisotopic (exact) mass is 328 g/mol. The molecule has 0 heterocycles. The molecule has 0 aliphatic carbocycles. The van der Waals surface area contributed by atoms with Gasteiger partial charge in [-0.1, -0.05) is 34.3 Å². The first-order valence-corrected chi connectivity index (χ1v) is 8.57. The van der Waals surface area contributed by atoms with Gasteiger partial charge in [0.05, 0.1) is 0 Å². The molecule has 0 radical (unpaired) electrons. The number of carbonyl (C=O) groups is 1. The van der Waals surface area contributed by atoms with E-state index in [1.165, 1.54) is 6.42 Å². The minimum atomic E-state index is 0.0946. The Balaban J connectivity index is 0. The second-order valence-corrected chi connectivity index (χ2v) is 7.01. The minimum Gasteiger partial charge on any atom is -0.389 e. The molecule has 0 fully saturated rings. The van der Waals surface area contributed by atoms with Crippen molar-refractivity contribution < 1.29 is 4.79 Å². The molecule has 0 aromatic rings. The molecule has 0 rings (SSSR count). The van der Waals surface area contributed by atoms with Crippen LogP contribution in [0.4, 0.5) is 0 Å². The van der Waals surface area contributed by atoms with Crippen molar-refractivity contribution >= 4 is 5.91 Å². The molecule has 138 valence electrons. The van der Waals surface area contributed by atoms with Crippen LogP contribution in [0.1, 0.15) is 34.1 Å². The fraction of sp³-hybridized carbons (Fsp3) is 0.833. The van der Waals surface area contributed by atoms with Crippen molar-refractivity contribution in [3.63, 3.8) is 0 Å². The highest BCUT2D eigenvalue weighted by molar-refractivity contribution is 5.77. The molecule has 0 aromatic heterocycles. The molecule has 2 N–H and O–H groups in total. The van der Waals surface area contributed by atoms with Crippen molar-refractivity contribution in [2.75, 3.05) is 54.4 Å². The zero-order chi connectivity index (χ0) is 18.4. The van der Waals surface area contributed by atoms with Gasteiger partial charge in [0.2, 0.25) is 5.91 Å². The number of nitrogens with zero attached hydrogens (tertiary/aromatic N) is 2. The summed E-state index contributed by atoms with van der Waals surface area (Å²) in [7, 11) is 8.16. The summed E-state index contributed by atoms with van der Waals surface area (Å²) in [5, 5.41) is 6.15. The molecule has 0 saturated carbocycles. The van der Waals surface area contributed by atoms with Crippen molar-refractivity contribution in [1.29, 1.82) is 0 Å². The predicted molar refractivity (Wildman–Crippen MR) is 102 cm³/mol. The Morgan fingerprint density at radius 3 is 1.78 bits per heavy atom. The summed E-state index contributed by atoms with van der Waals surface area (Å²) in [5.41, 5.74) is 1.15. The van der Waals surface area contributed by atoms with Gasteiger partial charge in [0.15, 0.2) is 0 Å². The molecule has 1 amide bonds. The van der Waals surface area contributed by atoms with Crippen LogP contribution in [-0.2, 0) is 4.79 Å². The van der Waals surface area contributed by atoms with E-state index in [1.807, 2.05) is 32.8 Å². The number of allylic oxidation sites excluding steroid dienone is 1. The standard InChI is InChI=1S/C10H22N2.C8H18N2O/c1-9(2)10(3)11-7-6-8-12(4)5;1-7(2)8(11)9-5-6-10(3)4/h9,11H,3,6-8H2,1-2,4-5H3;7H,5-6H2,1-4H3,(H,9,11). The number of rotatable bonds is 10. The van der Waals surface area contributed by atoms with Crippen molar-refractivity contribution in [3.05, 3.63) is 12.3 Å². The van der Waals surface area contributed by atoms with Gasteiger partial charge in [-0.2, -0.15) is 0 Å². The summed E-state index contributed by atoms with van der Waals surface area (Å²) in [6.07, 6.45) is 1.18. The molecule has 0 aromatic carbocycles. The van der Waals surface area contributed by atoms with Gasteiger partial charge in [0, 0.05) is 31.2 Å². The molecule has 0 unspecified atom stereocenters. The summed E-state index contributed by atoms with van der Waals surface area (Å²) in [5.74, 6) is 0.772. The number of hydrogen-bond acceptors (Lipinski definition) is 4. The molecule has 0 spiro atoms. The molecular formula is C18H40N4O. The van der Waals surface area contributed by atoms with Crippen LogP contribution in [0.15, 0.2) is 12.3 Å². The van der Waals surface area contributed by atoms with Gasteiger partial charge in [0.25, 0.3) is 0 Å². The molecule has 0 aliphatic rings. The van der Waals surface area contributed by atoms with Gasteiger partial charge in [-0.05, 0) is 47.1 Å². The minimum absolute atomic E-state index is 0.0946. The summed E-state index contributed by atoms with van der Waals surface area (Å²) in [6, 6.07) is 0. The smallest absolute Gasteiger partial charge is 0.222 e. The first kappa shape index (κ1) is 24.2. The lowest BCUT2D eigenvalue weighted by molar-refractivity contribution is -0.123. The Morgan fingerprint density at radius 2 is 1.39 bits per heavy atom. The maximum absolute atomic E-state index is 11.0. The lowest BCUT2D eigenvalue weighted by Crippen LogP contribution is -2.33. The van der Waals surface area contributed by atoms with E-state index in [2.05, 4.69) is 50.1 Å². The second kappa shape index (κ2) is 14.5. The maximum Gasteiger partial charge on any atom is 0.222 e. The van der Waals surface area contributed by atoms with Crippen LogP contribution in [-0.4, -0.2) is 70.1 Å². The first-order valence-electron chi connectivity index (χ1n) is 8.57. The van der Waals surface area contributed by atoms with Gasteiger partial charge in [0.1, 0.15) is 0 Å². The van der Waals surface area contributed by atoms with Crippen LogP contribution < -0.4 is 10.6 Å². The Hall–Kier alpha value is -1.07. The summed E-state index contributed by atoms with van der Waals surface area (Å²) in [6.45, 7) is 15.9. The van der Waals surface area contributed by atoms with Crippen LogP contribution >= 0.6 is 0 Å². The van der Waals surface area contributed by atoms with E-state index in [0.717, 1.165) is 31.9 Å². The molecule has 23 heavy (non-hydrogen) atoms. The Morgan fingerprint density at radius 1 is 0.870 bits per heavy atom. The van der Waals surface area contributed by atoms with Crippen LogP contribution in [0.3, 0.4) is 0 Å². The third kappa shape index (κ3) is 18.9. The van der Waals surface area contributed by atoms with Crippen LogP contribution in [0.25, 0.3) is 0 Å². The summed E-state index contributed by atoms with van der Waals surface area (Å²) in [4.78, 5) is 15.2. The number of likely N-dealkylation sites (N-methyl/N-ethyl adjacent to an activating group) is 1. The molecule has 0 atom stereocenters. The Bertz CT molecular complexity index is 312. The van der Waals surface area contributed by atoms with Gasteiger partial charge in [-0.15, -0.1) is 0 Å². The van der Waals surface area contributed by atoms with Crippen LogP contribution in [0, 0.1) is 11.8 Å². The second-order valence-electron chi connectivity index (χ2n) is 7.01. The van der Waals surface area contributed by atoms with E-state index in [4.69, 9.17) is 0 Å². The normalized spacial score (nSPS) is 10.8. The van der Waals surface area contributed by atoms with E-state index >= 15 is 0 Å². The van der Waals surface area contributed by atoms with Crippen LogP contribution in [0.2, 0.25) is 0 Å². The SMILES string of the molecule is C=C(NCCCN(C)C)C(C)C.CC(C)C(=O)NCCN(C)C. The predicted octanol–water partition coefficient (Wildman–Crippen LogP) is 2.02. The van der Waals surface area contributed by atoms with E-state index in [0.29, 0.717) is 5.92 Å². The Labute approximate surface area is 144 Å². The molecule has 0 bridgehead atoms.